The van der Waals surface area contributed by atoms with Crippen molar-refractivity contribution in [3.05, 3.63) is 0 Å². The van der Waals surface area contributed by atoms with Crippen molar-refractivity contribution in [2.45, 2.75) is 32.7 Å². The molecule has 0 saturated carbocycles. The Morgan fingerprint density at radius 1 is 1.53 bits per heavy atom. The molecular weight excluding hydrogens is 214 g/mol. The van der Waals surface area contributed by atoms with Crippen molar-refractivity contribution < 1.29 is 14.7 Å². The van der Waals surface area contributed by atoms with E-state index in [1.54, 1.807) is 25.6 Å². The van der Waals surface area contributed by atoms with Crippen molar-refractivity contribution in [1.29, 1.82) is 0 Å². The van der Waals surface area contributed by atoms with Crippen LogP contribution in [0.1, 0.15) is 27.2 Å². The highest BCUT2D eigenvalue weighted by Crippen LogP contribution is 2.12. The van der Waals surface area contributed by atoms with Gasteiger partial charge in [0.15, 0.2) is 0 Å². The molecule has 0 aliphatic carbocycles. The summed E-state index contributed by atoms with van der Waals surface area (Å²) in [6.45, 7) is 5.07. The van der Waals surface area contributed by atoms with Crippen molar-refractivity contribution >= 4 is 23.6 Å². The summed E-state index contributed by atoms with van der Waals surface area (Å²) in [6.07, 6.45) is 2.29. The number of rotatable bonds is 6. The first-order valence-corrected chi connectivity index (χ1v) is 6.31. The lowest BCUT2D eigenvalue weighted by atomic mass is 9.98. The molecule has 0 heterocycles. The monoisotopic (exact) mass is 233 g/mol. The molecule has 0 aromatic carbocycles. The highest BCUT2D eigenvalue weighted by atomic mass is 32.2. The zero-order chi connectivity index (χ0) is 12.1. The fourth-order valence-electron chi connectivity index (χ4n) is 1.01. The Bertz CT molecular complexity index is 245. The summed E-state index contributed by atoms with van der Waals surface area (Å²) in [4.78, 5) is 22.6. The molecule has 2 N–H and O–H groups in total. The third-order valence-electron chi connectivity index (χ3n) is 2.44. The normalized spacial score (nSPS) is 16.5. The van der Waals surface area contributed by atoms with Crippen LogP contribution in [0.25, 0.3) is 0 Å². The second-order valence-electron chi connectivity index (χ2n) is 3.84. The van der Waals surface area contributed by atoms with Crippen LogP contribution in [0.15, 0.2) is 0 Å². The van der Waals surface area contributed by atoms with Gasteiger partial charge in [0, 0.05) is 11.7 Å². The van der Waals surface area contributed by atoms with Gasteiger partial charge in [-0.25, -0.2) is 4.79 Å². The summed E-state index contributed by atoms with van der Waals surface area (Å²) in [5.74, 6) is -0.651. The molecule has 0 aromatic heterocycles. The van der Waals surface area contributed by atoms with E-state index in [0.717, 1.165) is 0 Å². The first kappa shape index (κ1) is 14.3. The maximum atomic E-state index is 11.6. The maximum absolute atomic E-state index is 11.6. The summed E-state index contributed by atoms with van der Waals surface area (Å²) in [7, 11) is 0. The summed E-state index contributed by atoms with van der Waals surface area (Å²) in [6, 6.07) is 0. The molecule has 0 spiro atoms. The molecule has 5 heteroatoms. The minimum Gasteiger partial charge on any atom is -0.480 e. The summed E-state index contributed by atoms with van der Waals surface area (Å²) >= 11 is 1.57. The summed E-state index contributed by atoms with van der Waals surface area (Å²) in [5, 5.41) is 11.5. The Morgan fingerprint density at radius 2 is 2.07 bits per heavy atom. The SMILES string of the molecule is CCC(C)(NC(=O)C(C)CSC)C(=O)O. The summed E-state index contributed by atoms with van der Waals surface area (Å²) < 4.78 is 0. The van der Waals surface area contributed by atoms with E-state index in [0.29, 0.717) is 12.2 Å². The van der Waals surface area contributed by atoms with Crippen LogP contribution in [0.3, 0.4) is 0 Å². The van der Waals surface area contributed by atoms with E-state index in [1.165, 1.54) is 6.92 Å². The number of nitrogens with one attached hydrogen (secondary N) is 1. The van der Waals surface area contributed by atoms with Gasteiger partial charge in [-0.15, -0.1) is 0 Å². The van der Waals surface area contributed by atoms with Crippen LogP contribution in [0.4, 0.5) is 0 Å². The van der Waals surface area contributed by atoms with Crippen LogP contribution in [0.5, 0.6) is 0 Å². The lowest BCUT2D eigenvalue weighted by molar-refractivity contribution is -0.147. The molecule has 0 aliphatic rings. The number of hydrogen-bond acceptors (Lipinski definition) is 3. The molecule has 2 atom stereocenters. The Labute approximate surface area is 94.8 Å². The number of hydrogen-bond donors (Lipinski definition) is 2. The van der Waals surface area contributed by atoms with Crippen LogP contribution < -0.4 is 5.32 Å². The average molecular weight is 233 g/mol. The zero-order valence-corrected chi connectivity index (χ0v) is 10.5. The van der Waals surface area contributed by atoms with Crippen molar-refractivity contribution in [3.63, 3.8) is 0 Å². The average Bonchev–Trinajstić information content (AvgIpc) is 2.17. The maximum Gasteiger partial charge on any atom is 0.329 e. The predicted octanol–water partition coefficient (Wildman–Crippen LogP) is 1.35. The Kier molecular flexibility index (Phi) is 5.72. The minimum absolute atomic E-state index is 0.162. The smallest absolute Gasteiger partial charge is 0.329 e. The molecule has 88 valence electrons. The van der Waals surface area contributed by atoms with Gasteiger partial charge in [0.1, 0.15) is 5.54 Å². The van der Waals surface area contributed by atoms with Crippen LogP contribution >= 0.6 is 11.8 Å². The van der Waals surface area contributed by atoms with E-state index in [-0.39, 0.29) is 11.8 Å². The molecule has 4 nitrogen and oxygen atoms in total. The van der Waals surface area contributed by atoms with Crippen molar-refractivity contribution in [3.8, 4) is 0 Å². The highest BCUT2D eigenvalue weighted by molar-refractivity contribution is 7.98. The molecule has 0 bridgehead atoms. The number of carbonyl (C=O) groups is 2. The first-order chi connectivity index (χ1) is 6.87. The molecule has 2 unspecified atom stereocenters. The highest BCUT2D eigenvalue weighted by Gasteiger charge is 2.33. The molecule has 0 aliphatic heterocycles. The zero-order valence-electron chi connectivity index (χ0n) is 9.66. The lowest BCUT2D eigenvalue weighted by Crippen LogP contribution is -2.53. The molecule has 0 radical (unpaired) electrons. The Hall–Kier alpha value is -0.710. The summed E-state index contributed by atoms with van der Waals surface area (Å²) in [5.41, 5.74) is -1.15. The fraction of sp³-hybridized carbons (Fsp3) is 0.800. The fourth-order valence-corrected chi connectivity index (χ4v) is 1.67. The van der Waals surface area contributed by atoms with Gasteiger partial charge >= 0.3 is 5.97 Å². The largest absolute Gasteiger partial charge is 0.480 e. The van der Waals surface area contributed by atoms with Crippen LogP contribution in [0, 0.1) is 5.92 Å². The van der Waals surface area contributed by atoms with E-state index < -0.39 is 11.5 Å². The molecule has 15 heavy (non-hydrogen) atoms. The van der Waals surface area contributed by atoms with Crippen LogP contribution in [0.2, 0.25) is 0 Å². The van der Waals surface area contributed by atoms with E-state index in [2.05, 4.69) is 5.32 Å². The number of thioether (sulfide) groups is 1. The molecular formula is C10H19NO3S. The van der Waals surface area contributed by atoms with Gasteiger partial charge in [0.05, 0.1) is 0 Å². The van der Waals surface area contributed by atoms with E-state index in [4.69, 9.17) is 5.11 Å². The third kappa shape index (κ3) is 4.11. The van der Waals surface area contributed by atoms with Crippen molar-refractivity contribution in [2.75, 3.05) is 12.0 Å². The second-order valence-corrected chi connectivity index (χ2v) is 4.75. The quantitative estimate of drug-likeness (QED) is 0.727. The predicted molar refractivity (Wildman–Crippen MR) is 62.0 cm³/mol. The van der Waals surface area contributed by atoms with Crippen LogP contribution in [-0.4, -0.2) is 34.5 Å². The van der Waals surface area contributed by atoms with Gasteiger partial charge in [-0.3, -0.25) is 4.79 Å². The molecule has 0 rings (SSSR count). The van der Waals surface area contributed by atoms with Gasteiger partial charge in [0.2, 0.25) is 5.91 Å². The van der Waals surface area contributed by atoms with Crippen LogP contribution in [-0.2, 0) is 9.59 Å². The van der Waals surface area contributed by atoms with Gasteiger partial charge in [-0.05, 0) is 19.6 Å². The number of amides is 1. The first-order valence-electron chi connectivity index (χ1n) is 4.91. The molecule has 0 saturated heterocycles. The molecule has 0 aromatic rings. The van der Waals surface area contributed by atoms with Gasteiger partial charge in [0.25, 0.3) is 0 Å². The second kappa shape index (κ2) is 6.00. The number of carbonyl (C=O) groups excluding carboxylic acids is 1. The van der Waals surface area contributed by atoms with Gasteiger partial charge in [-0.2, -0.15) is 11.8 Å². The standard InChI is InChI=1S/C10H19NO3S/c1-5-10(3,9(13)14)11-8(12)7(2)6-15-4/h7H,5-6H2,1-4H3,(H,11,12)(H,13,14). The topological polar surface area (TPSA) is 66.4 Å². The van der Waals surface area contributed by atoms with E-state index >= 15 is 0 Å². The van der Waals surface area contributed by atoms with Crippen molar-refractivity contribution in [1.82, 2.24) is 5.32 Å². The lowest BCUT2D eigenvalue weighted by Gasteiger charge is -2.26. The number of carboxylic acid groups (broad SMARTS) is 1. The third-order valence-corrected chi connectivity index (χ3v) is 3.28. The molecule has 1 amide bonds. The van der Waals surface area contributed by atoms with Crippen molar-refractivity contribution in [2.24, 2.45) is 5.92 Å². The molecule has 0 fully saturated rings. The Balaban J connectivity index is 4.43. The van der Waals surface area contributed by atoms with Gasteiger partial charge in [-0.1, -0.05) is 13.8 Å². The number of aliphatic carboxylic acids is 1. The Morgan fingerprint density at radius 3 is 2.40 bits per heavy atom. The van der Waals surface area contributed by atoms with E-state index in [9.17, 15) is 9.59 Å². The number of carboxylic acids is 1. The van der Waals surface area contributed by atoms with Gasteiger partial charge < -0.3 is 10.4 Å². The minimum atomic E-state index is -1.15. The van der Waals surface area contributed by atoms with E-state index in [1.807, 2.05) is 6.26 Å².